The first kappa shape index (κ1) is 16.8. The molecule has 7 heteroatoms. The summed E-state index contributed by atoms with van der Waals surface area (Å²) < 4.78 is 22.6. The zero-order valence-corrected chi connectivity index (χ0v) is 14.4. The zero-order chi connectivity index (χ0) is 15.5. The van der Waals surface area contributed by atoms with Gasteiger partial charge in [0.05, 0.1) is 5.56 Å². The van der Waals surface area contributed by atoms with Gasteiger partial charge in [-0.1, -0.05) is 19.8 Å². The van der Waals surface area contributed by atoms with E-state index in [4.69, 9.17) is 10.7 Å². The fraction of sp³-hybridized carbons (Fsp3) is 0.643. The maximum Gasteiger partial charge on any atom is 0.270 e. The summed E-state index contributed by atoms with van der Waals surface area (Å²) in [7, 11) is 1.55. The van der Waals surface area contributed by atoms with Crippen molar-refractivity contribution in [2.75, 3.05) is 13.1 Å². The van der Waals surface area contributed by atoms with E-state index in [1.54, 1.807) is 5.38 Å². The molecule has 0 bridgehead atoms. The number of nitrogens with zero attached hydrogens (tertiary/aromatic N) is 1. The molecule has 1 atom stereocenters. The molecule has 0 spiro atoms. The molecular formula is C14H20ClNO3S2. The normalized spacial score (nSPS) is 20.3. The standard InChI is InChI=1S/C14H20ClNO3S2/c1-2-4-11-5-3-7-16(8-6-11)14(17)12-9-13(20-10-12)21(15,18)19/h9-11H,2-8H2,1H3. The Morgan fingerprint density at radius 2 is 2.19 bits per heavy atom. The van der Waals surface area contributed by atoms with Crippen molar-refractivity contribution in [3.63, 3.8) is 0 Å². The summed E-state index contributed by atoms with van der Waals surface area (Å²) in [5.41, 5.74) is 0.424. The molecule has 0 saturated carbocycles. The minimum atomic E-state index is -3.75. The van der Waals surface area contributed by atoms with E-state index >= 15 is 0 Å². The number of amides is 1. The predicted molar refractivity (Wildman–Crippen MR) is 85.5 cm³/mol. The van der Waals surface area contributed by atoms with Crippen LogP contribution in [0.15, 0.2) is 15.7 Å². The average molecular weight is 350 g/mol. The van der Waals surface area contributed by atoms with Crippen molar-refractivity contribution >= 4 is 37.0 Å². The molecule has 21 heavy (non-hydrogen) atoms. The summed E-state index contributed by atoms with van der Waals surface area (Å²) in [5, 5.41) is 1.58. The van der Waals surface area contributed by atoms with E-state index in [0.717, 1.165) is 37.3 Å². The Labute approximate surface area is 134 Å². The number of thiophene rings is 1. The van der Waals surface area contributed by atoms with Gasteiger partial charge in [-0.15, -0.1) is 11.3 Å². The monoisotopic (exact) mass is 349 g/mol. The molecule has 0 N–H and O–H groups in total. The van der Waals surface area contributed by atoms with Crippen molar-refractivity contribution in [2.45, 2.75) is 43.2 Å². The first-order chi connectivity index (χ1) is 9.91. The summed E-state index contributed by atoms with van der Waals surface area (Å²) in [4.78, 5) is 14.3. The van der Waals surface area contributed by atoms with E-state index in [-0.39, 0.29) is 10.1 Å². The molecule has 1 aliphatic rings. The van der Waals surface area contributed by atoms with Crippen molar-refractivity contribution < 1.29 is 13.2 Å². The maximum absolute atomic E-state index is 12.5. The highest BCUT2D eigenvalue weighted by Crippen LogP contribution is 2.26. The summed E-state index contributed by atoms with van der Waals surface area (Å²) >= 11 is 0.995. The van der Waals surface area contributed by atoms with E-state index in [1.807, 2.05) is 4.90 Å². The van der Waals surface area contributed by atoms with Gasteiger partial charge in [-0.25, -0.2) is 8.42 Å². The highest BCUT2D eigenvalue weighted by molar-refractivity contribution is 8.15. The number of hydrogen-bond donors (Lipinski definition) is 0. The fourth-order valence-corrected chi connectivity index (χ4v) is 4.74. The minimum absolute atomic E-state index is 0.0335. The fourth-order valence-electron chi connectivity index (χ4n) is 2.80. The van der Waals surface area contributed by atoms with Crippen LogP contribution in [0.1, 0.15) is 49.4 Å². The van der Waals surface area contributed by atoms with Gasteiger partial charge >= 0.3 is 0 Å². The van der Waals surface area contributed by atoms with Crippen LogP contribution in [-0.2, 0) is 9.05 Å². The Hall–Kier alpha value is -0.590. The van der Waals surface area contributed by atoms with Crippen LogP contribution in [-0.4, -0.2) is 32.3 Å². The lowest BCUT2D eigenvalue weighted by Crippen LogP contribution is -2.31. The van der Waals surface area contributed by atoms with Crippen LogP contribution in [0.3, 0.4) is 0 Å². The van der Waals surface area contributed by atoms with Gasteiger partial charge in [-0.3, -0.25) is 4.79 Å². The average Bonchev–Trinajstić information content (AvgIpc) is 2.81. The molecule has 0 aliphatic carbocycles. The van der Waals surface area contributed by atoms with Crippen LogP contribution in [0.5, 0.6) is 0 Å². The van der Waals surface area contributed by atoms with E-state index in [1.165, 1.54) is 25.3 Å². The number of halogens is 1. The molecule has 1 aliphatic heterocycles. The molecule has 4 nitrogen and oxygen atoms in total. The van der Waals surface area contributed by atoms with Gasteiger partial charge in [-0.2, -0.15) is 0 Å². The molecule has 0 radical (unpaired) electrons. The summed E-state index contributed by atoms with van der Waals surface area (Å²) in [6, 6.07) is 1.38. The molecule has 1 aromatic heterocycles. The third kappa shape index (κ3) is 4.44. The van der Waals surface area contributed by atoms with Crippen molar-refractivity contribution in [1.82, 2.24) is 4.90 Å². The van der Waals surface area contributed by atoms with Crippen molar-refractivity contribution in [3.05, 3.63) is 17.0 Å². The van der Waals surface area contributed by atoms with Gasteiger partial charge in [0.25, 0.3) is 15.0 Å². The van der Waals surface area contributed by atoms with E-state index in [9.17, 15) is 13.2 Å². The highest BCUT2D eigenvalue weighted by atomic mass is 35.7. The second kappa shape index (κ2) is 7.11. The summed E-state index contributed by atoms with van der Waals surface area (Å²) in [6.07, 6.45) is 5.61. The molecule has 2 rings (SSSR count). The largest absolute Gasteiger partial charge is 0.339 e. The van der Waals surface area contributed by atoms with Crippen LogP contribution in [0.2, 0.25) is 0 Å². The van der Waals surface area contributed by atoms with E-state index in [0.29, 0.717) is 11.5 Å². The predicted octanol–water partition coefficient (Wildman–Crippen LogP) is 3.72. The van der Waals surface area contributed by atoms with Crippen LogP contribution in [0.4, 0.5) is 0 Å². The maximum atomic E-state index is 12.5. The first-order valence-corrected chi connectivity index (χ1v) is 10.4. The third-order valence-corrected chi connectivity index (χ3v) is 6.93. The van der Waals surface area contributed by atoms with Crippen LogP contribution >= 0.6 is 22.0 Å². The number of rotatable bonds is 4. The van der Waals surface area contributed by atoms with Crippen LogP contribution < -0.4 is 0 Å². The second-order valence-corrected chi connectivity index (χ2v) is 9.17. The number of carbonyl (C=O) groups is 1. The zero-order valence-electron chi connectivity index (χ0n) is 12.0. The Morgan fingerprint density at radius 1 is 1.43 bits per heavy atom. The Bertz CT molecular complexity index is 597. The molecule has 0 aromatic carbocycles. The van der Waals surface area contributed by atoms with Crippen molar-refractivity contribution in [3.8, 4) is 0 Å². The first-order valence-electron chi connectivity index (χ1n) is 7.24. The number of carbonyl (C=O) groups excluding carboxylic acids is 1. The van der Waals surface area contributed by atoms with Gasteiger partial charge in [-0.05, 0) is 31.2 Å². The molecular weight excluding hydrogens is 330 g/mol. The second-order valence-electron chi connectivity index (χ2n) is 5.47. The van der Waals surface area contributed by atoms with Gasteiger partial charge in [0.1, 0.15) is 4.21 Å². The van der Waals surface area contributed by atoms with Gasteiger partial charge in [0.15, 0.2) is 0 Å². The molecule has 1 unspecified atom stereocenters. The topological polar surface area (TPSA) is 54.5 Å². The smallest absolute Gasteiger partial charge is 0.270 e. The van der Waals surface area contributed by atoms with Gasteiger partial charge < -0.3 is 4.90 Å². The summed E-state index contributed by atoms with van der Waals surface area (Å²) in [5.74, 6) is 0.615. The van der Waals surface area contributed by atoms with Crippen molar-refractivity contribution in [1.29, 1.82) is 0 Å². The van der Waals surface area contributed by atoms with E-state index < -0.39 is 9.05 Å². The molecule has 118 valence electrons. The minimum Gasteiger partial charge on any atom is -0.339 e. The lowest BCUT2D eigenvalue weighted by atomic mass is 9.96. The van der Waals surface area contributed by atoms with Gasteiger partial charge in [0, 0.05) is 29.2 Å². The Morgan fingerprint density at radius 3 is 2.81 bits per heavy atom. The van der Waals surface area contributed by atoms with Crippen LogP contribution in [0.25, 0.3) is 0 Å². The molecule has 2 heterocycles. The lowest BCUT2D eigenvalue weighted by molar-refractivity contribution is 0.0760. The van der Waals surface area contributed by atoms with Gasteiger partial charge in [0.2, 0.25) is 0 Å². The quantitative estimate of drug-likeness (QED) is 0.778. The number of likely N-dealkylation sites (tertiary alicyclic amines) is 1. The number of hydrogen-bond acceptors (Lipinski definition) is 4. The molecule has 1 amide bonds. The highest BCUT2D eigenvalue weighted by Gasteiger charge is 2.23. The molecule has 1 saturated heterocycles. The Balaban J connectivity index is 2.04. The Kier molecular flexibility index (Phi) is 5.68. The van der Waals surface area contributed by atoms with Crippen molar-refractivity contribution in [2.24, 2.45) is 5.92 Å². The van der Waals surface area contributed by atoms with Crippen LogP contribution in [0, 0.1) is 5.92 Å². The molecule has 1 aromatic rings. The van der Waals surface area contributed by atoms with E-state index in [2.05, 4.69) is 6.92 Å². The SMILES string of the molecule is CCCC1CCCN(C(=O)c2csc(S(=O)(=O)Cl)c2)CC1. The summed E-state index contributed by atoms with van der Waals surface area (Å²) in [6.45, 7) is 3.69. The molecule has 1 fully saturated rings. The third-order valence-electron chi connectivity index (χ3n) is 3.89. The lowest BCUT2D eigenvalue weighted by Gasteiger charge is -2.20.